The molecule has 0 unspecified atom stereocenters. The topological polar surface area (TPSA) is 73.1 Å². The molecule has 0 saturated carbocycles. The summed E-state index contributed by atoms with van der Waals surface area (Å²) in [5.74, 6) is -0.717. The number of fused-ring (bicyclic) bond motifs is 1. The highest BCUT2D eigenvalue weighted by Crippen LogP contribution is 2.20. The quantitative estimate of drug-likeness (QED) is 0.647. The summed E-state index contributed by atoms with van der Waals surface area (Å²) in [6, 6.07) is 9.42. The molecule has 1 atom stereocenters. The van der Waals surface area contributed by atoms with Gasteiger partial charge in [-0.05, 0) is 42.7 Å². The zero-order valence-corrected chi connectivity index (χ0v) is 17.7. The third-order valence-corrected chi connectivity index (χ3v) is 5.13. The van der Waals surface area contributed by atoms with Crippen molar-refractivity contribution < 1.29 is 9.18 Å². The molecule has 1 heterocycles. The van der Waals surface area contributed by atoms with Crippen LogP contribution in [0.1, 0.15) is 33.2 Å². The highest BCUT2D eigenvalue weighted by atomic mass is 35.5. The molecule has 0 aliphatic carbocycles. The highest BCUT2D eigenvalue weighted by molar-refractivity contribution is 6.30. The van der Waals surface area contributed by atoms with Crippen LogP contribution in [0.4, 0.5) is 4.39 Å². The molecule has 0 spiro atoms. The van der Waals surface area contributed by atoms with E-state index in [1.807, 2.05) is 13.8 Å². The van der Waals surface area contributed by atoms with E-state index in [4.69, 9.17) is 11.6 Å². The van der Waals surface area contributed by atoms with E-state index in [-0.39, 0.29) is 27.9 Å². The molecule has 3 rings (SSSR count). The van der Waals surface area contributed by atoms with E-state index in [0.717, 1.165) is 10.6 Å². The first-order chi connectivity index (χ1) is 14.3. The van der Waals surface area contributed by atoms with Gasteiger partial charge >= 0.3 is 5.69 Å². The lowest BCUT2D eigenvalue weighted by atomic mass is 10.1. The third-order valence-electron chi connectivity index (χ3n) is 4.84. The minimum absolute atomic E-state index is 0.133. The number of nitrogens with zero attached hydrogens (tertiary/aromatic N) is 2. The predicted octanol–water partition coefficient (Wildman–Crippen LogP) is 3.67. The maximum Gasteiger partial charge on any atom is 0.336 e. The molecule has 6 nitrogen and oxygen atoms in total. The van der Waals surface area contributed by atoms with Crippen molar-refractivity contribution in [1.29, 1.82) is 0 Å². The van der Waals surface area contributed by atoms with Crippen molar-refractivity contribution in [1.82, 2.24) is 14.5 Å². The normalized spacial score (nSPS) is 12.3. The van der Waals surface area contributed by atoms with E-state index in [0.29, 0.717) is 18.5 Å². The fourth-order valence-electron chi connectivity index (χ4n) is 3.34. The van der Waals surface area contributed by atoms with Gasteiger partial charge in [0.25, 0.3) is 5.56 Å². The van der Waals surface area contributed by atoms with Gasteiger partial charge < -0.3 is 5.32 Å². The van der Waals surface area contributed by atoms with Gasteiger partial charge in [0.05, 0.1) is 21.6 Å². The molecule has 0 aliphatic heterocycles. The molecule has 158 valence electrons. The van der Waals surface area contributed by atoms with E-state index in [1.54, 1.807) is 31.2 Å². The van der Waals surface area contributed by atoms with Crippen molar-refractivity contribution in [2.45, 2.75) is 33.2 Å². The SMILES string of the molecule is CC[C@@H](C(=O)NCC(C)C)n1c(=O)n(-c2ccc(F)c(Cl)c2)c(=O)c2ccccc21. The molecule has 0 fully saturated rings. The van der Waals surface area contributed by atoms with Crippen LogP contribution in [0.3, 0.4) is 0 Å². The van der Waals surface area contributed by atoms with Gasteiger partial charge in [0.1, 0.15) is 11.9 Å². The molecule has 0 saturated heterocycles. The molecular weight excluding hydrogens is 409 g/mol. The lowest BCUT2D eigenvalue weighted by molar-refractivity contribution is -0.124. The Balaban J connectivity index is 2.31. The van der Waals surface area contributed by atoms with Crippen LogP contribution in [0, 0.1) is 11.7 Å². The Morgan fingerprint density at radius 1 is 1.17 bits per heavy atom. The van der Waals surface area contributed by atoms with Crippen LogP contribution in [0.2, 0.25) is 5.02 Å². The maximum absolute atomic E-state index is 13.6. The van der Waals surface area contributed by atoms with Gasteiger partial charge in [-0.3, -0.25) is 14.2 Å². The Labute approximate surface area is 177 Å². The Morgan fingerprint density at radius 2 is 1.87 bits per heavy atom. The first kappa shape index (κ1) is 21.8. The largest absolute Gasteiger partial charge is 0.354 e. The average molecular weight is 432 g/mol. The van der Waals surface area contributed by atoms with E-state index in [1.165, 1.54) is 16.7 Å². The summed E-state index contributed by atoms with van der Waals surface area (Å²) in [5.41, 5.74) is -0.753. The predicted molar refractivity (Wildman–Crippen MR) is 116 cm³/mol. The standard InChI is InChI=1S/C22H23ClFN3O3/c1-4-18(20(28)25-12-13(2)3)27-19-8-6-5-7-15(19)21(29)26(22(27)30)14-9-10-17(24)16(23)11-14/h5-11,13,18H,4,12H2,1-3H3,(H,25,28)/t18-/m0/s1. The molecule has 3 aromatic rings. The van der Waals surface area contributed by atoms with Gasteiger partial charge in [0, 0.05) is 6.54 Å². The van der Waals surface area contributed by atoms with Gasteiger partial charge in [-0.15, -0.1) is 0 Å². The summed E-state index contributed by atoms with van der Waals surface area (Å²) in [6.07, 6.45) is 0.343. The van der Waals surface area contributed by atoms with Crippen molar-refractivity contribution in [3.05, 3.63) is 74.1 Å². The van der Waals surface area contributed by atoms with Gasteiger partial charge in [0.2, 0.25) is 5.91 Å². The van der Waals surface area contributed by atoms with Crippen molar-refractivity contribution >= 4 is 28.4 Å². The number of hydrogen-bond acceptors (Lipinski definition) is 3. The number of carbonyl (C=O) groups excluding carboxylic acids is 1. The zero-order valence-electron chi connectivity index (χ0n) is 17.0. The molecule has 0 bridgehead atoms. The number of halogens is 2. The van der Waals surface area contributed by atoms with Crippen LogP contribution >= 0.6 is 11.6 Å². The lowest BCUT2D eigenvalue weighted by Gasteiger charge is -2.22. The molecule has 0 aliphatic rings. The number of para-hydroxylation sites is 1. The summed E-state index contributed by atoms with van der Waals surface area (Å²) in [7, 11) is 0. The fourth-order valence-corrected chi connectivity index (χ4v) is 3.52. The number of amides is 1. The van der Waals surface area contributed by atoms with Crippen LogP contribution in [0.25, 0.3) is 16.6 Å². The fraction of sp³-hybridized carbons (Fsp3) is 0.318. The summed E-state index contributed by atoms with van der Waals surface area (Å²) < 4.78 is 15.9. The van der Waals surface area contributed by atoms with Crippen LogP contribution in [0.5, 0.6) is 0 Å². The third kappa shape index (κ3) is 4.03. The minimum atomic E-state index is -0.816. The first-order valence-corrected chi connectivity index (χ1v) is 10.1. The van der Waals surface area contributed by atoms with Crippen LogP contribution in [-0.2, 0) is 4.79 Å². The molecule has 30 heavy (non-hydrogen) atoms. The van der Waals surface area contributed by atoms with E-state index >= 15 is 0 Å². The second-order valence-electron chi connectivity index (χ2n) is 7.47. The molecule has 0 radical (unpaired) electrons. The Kier molecular flexibility index (Phi) is 6.41. The van der Waals surface area contributed by atoms with E-state index < -0.39 is 23.1 Å². The van der Waals surface area contributed by atoms with Gasteiger partial charge in [-0.1, -0.05) is 44.5 Å². The molecule has 2 aromatic carbocycles. The Hall–Kier alpha value is -2.93. The molecule has 1 amide bonds. The first-order valence-electron chi connectivity index (χ1n) is 9.75. The van der Waals surface area contributed by atoms with E-state index in [2.05, 4.69) is 5.32 Å². The molecule has 8 heteroatoms. The van der Waals surface area contributed by atoms with Gasteiger partial charge in [0.15, 0.2) is 0 Å². The van der Waals surface area contributed by atoms with Crippen molar-refractivity contribution in [3.8, 4) is 5.69 Å². The summed E-state index contributed by atoms with van der Waals surface area (Å²) in [6.45, 7) is 6.21. The van der Waals surface area contributed by atoms with Crippen molar-refractivity contribution in [2.24, 2.45) is 5.92 Å². The second kappa shape index (κ2) is 8.83. The van der Waals surface area contributed by atoms with Gasteiger partial charge in [-0.25, -0.2) is 13.8 Å². The number of nitrogens with one attached hydrogen (secondary N) is 1. The zero-order chi connectivity index (χ0) is 22.0. The minimum Gasteiger partial charge on any atom is -0.354 e. The van der Waals surface area contributed by atoms with E-state index in [9.17, 15) is 18.8 Å². The summed E-state index contributed by atoms with van der Waals surface area (Å²) in [4.78, 5) is 39.4. The number of rotatable bonds is 6. The molecular formula is C22H23ClFN3O3. The average Bonchev–Trinajstić information content (AvgIpc) is 2.72. The highest BCUT2D eigenvalue weighted by Gasteiger charge is 2.25. The number of carbonyl (C=O) groups is 1. The van der Waals surface area contributed by atoms with Crippen LogP contribution < -0.4 is 16.6 Å². The lowest BCUT2D eigenvalue weighted by Crippen LogP contribution is -2.44. The number of hydrogen-bond donors (Lipinski definition) is 1. The summed E-state index contributed by atoms with van der Waals surface area (Å²) >= 11 is 5.87. The van der Waals surface area contributed by atoms with Crippen LogP contribution in [-0.4, -0.2) is 21.6 Å². The monoisotopic (exact) mass is 431 g/mol. The Bertz CT molecular complexity index is 1220. The molecule has 1 N–H and O–H groups in total. The Morgan fingerprint density at radius 3 is 2.50 bits per heavy atom. The number of aromatic nitrogens is 2. The van der Waals surface area contributed by atoms with Crippen LogP contribution in [0.15, 0.2) is 52.1 Å². The van der Waals surface area contributed by atoms with Crippen molar-refractivity contribution in [3.63, 3.8) is 0 Å². The number of benzene rings is 2. The second-order valence-corrected chi connectivity index (χ2v) is 7.88. The van der Waals surface area contributed by atoms with Crippen molar-refractivity contribution in [2.75, 3.05) is 6.54 Å². The van der Waals surface area contributed by atoms with Gasteiger partial charge in [-0.2, -0.15) is 0 Å². The maximum atomic E-state index is 13.6. The smallest absolute Gasteiger partial charge is 0.336 e. The molecule has 1 aromatic heterocycles. The summed E-state index contributed by atoms with van der Waals surface area (Å²) in [5, 5.41) is 2.92.